The van der Waals surface area contributed by atoms with E-state index in [2.05, 4.69) is 22.5 Å². The van der Waals surface area contributed by atoms with Gasteiger partial charge in [0.25, 0.3) is 5.91 Å². The number of nitrogens with zero attached hydrogens (tertiary/aromatic N) is 3. The number of rotatable bonds is 4. The number of aromatic nitrogens is 1. The first-order chi connectivity index (χ1) is 10.7. The fourth-order valence-electron chi connectivity index (χ4n) is 2.40. The lowest BCUT2D eigenvalue weighted by Crippen LogP contribution is -2.49. The molecule has 1 saturated heterocycles. The van der Waals surface area contributed by atoms with Crippen LogP contribution in [0, 0.1) is 6.92 Å². The second-order valence-electron chi connectivity index (χ2n) is 5.19. The molecule has 1 amide bonds. The summed E-state index contributed by atoms with van der Waals surface area (Å²) >= 11 is 0. The second-order valence-corrected chi connectivity index (χ2v) is 5.19. The molecule has 5 nitrogen and oxygen atoms in total. The van der Waals surface area contributed by atoms with Crippen molar-refractivity contribution in [3.8, 4) is 0 Å². The molecule has 116 valence electrons. The highest BCUT2D eigenvalue weighted by Gasteiger charge is 2.23. The smallest absolute Gasteiger partial charge is 0.254 e. The molecule has 0 radical (unpaired) electrons. The number of piperazine rings is 1. The van der Waals surface area contributed by atoms with E-state index in [0.717, 1.165) is 24.5 Å². The molecule has 0 unspecified atom stereocenters. The summed E-state index contributed by atoms with van der Waals surface area (Å²) in [5, 5.41) is 0. The number of pyridine rings is 1. The van der Waals surface area contributed by atoms with E-state index in [1.165, 1.54) is 6.20 Å². The average molecular weight is 298 g/mol. The van der Waals surface area contributed by atoms with E-state index in [-0.39, 0.29) is 5.91 Å². The summed E-state index contributed by atoms with van der Waals surface area (Å²) in [6.45, 7) is 8.53. The summed E-state index contributed by atoms with van der Waals surface area (Å²) in [6.07, 6.45) is 8.13. The van der Waals surface area contributed by atoms with Gasteiger partial charge < -0.3 is 15.5 Å². The molecule has 1 fully saturated rings. The zero-order valence-electron chi connectivity index (χ0n) is 12.9. The Morgan fingerprint density at radius 1 is 1.32 bits per heavy atom. The van der Waals surface area contributed by atoms with Gasteiger partial charge in [-0.2, -0.15) is 0 Å². The van der Waals surface area contributed by atoms with Crippen molar-refractivity contribution in [2.45, 2.75) is 6.92 Å². The monoisotopic (exact) mass is 298 g/mol. The van der Waals surface area contributed by atoms with E-state index >= 15 is 0 Å². The topological polar surface area (TPSA) is 62.5 Å². The zero-order valence-corrected chi connectivity index (χ0v) is 12.9. The summed E-state index contributed by atoms with van der Waals surface area (Å²) < 4.78 is 0. The van der Waals surface area contributed by atoms with Gasteiger partial charge in [0, 0.05) is 37.9 Å². The van der Waals surface area contributed by atoms with Crippen LogP contribution in [0.4, 0.5) is 5.82 Å². The van der Waals surface area contributed by atoms with Crippen LogP contribution in [0.2, 0.25) is 0 Å². The Kier molecular flexibility index (Phi) is 5.36. The van der Waals surface area contributed by atoms with Crippen LogP contribution in [0.15, 0.2) is 54.9 Å². The lowest BCUT2D eigenvalue weighted by molar-refractivity contribution is -0.127. The molecule has 0 spiro atoms. The standard InChI is InChI=1S/C17H22N4O/c1-3-4-15(7-8-18)17(22)21-11-9-20(10-12-21)16-6-5-14(2)13-19-16/h3-8,13H,1,9-12,18H2,2H3/b8-7-,15-4+. The first-order valence-electron chi connectivity index (χ1n) is 7.33. The van der Waals surface area contributed by atoms with Crippen molar-refractivity contribution in [1.82, 2.24) is 9.88 Å². The number of carbonyl (C=O) groups is 1. The minimum atomic E-state index is -0.0156. The molecule has 2 N–H and O–H groups in total. The lowest BCUT2D eigenvalue weighted by atomic mass is 10.2. The summed E-state index contributed by atoms with van der Waals surface area (Å²) in [5.74, 6) is 0.944. The van der Waals surface area contributed by atoms with Crippen molar-refractivity contribution in [1.29, 1.82) is 0 Å². The summed E-state index contributed by atoms with van der Waals surface area (Å²) in [4.78, 5) is 20.9. The number of aryl methyl sites for hydroxylation is 1. The Bertz CT molecular complexity index is 581. The lowest BCUT2D eigenvalue weighted by Gasteiger charge is -2.35. The molecule has 0 saturated carbocycles. The molecule has 1 aromatic heterocycles. The molecule has 2 heterocycles. The van der Waals surface area contributed by atoms with E-state index in [9.17, 15) is 4.79 Å². The molecule has 2 rings (SSSR count). The number of carbonyl (C=O) groups excluding carboxylic acids is 1. The van der Waals surface area contributed by atoms with Crippen LogP contribution in [-0.2, 0) is 4.79 Å². The van der Waals surface area contributed by atoms with Gasteiger partial charge in [0.15, 0.2) is 0 Å². The van der Waals surface area contributed by atoms with Crippen LogP contribution < -0.4 is 10.6 Å². The third-order valence-corrected chi connectivity index (χ3v) is 3.61. The maximum atomic E-state index is 12.4. The molecule has 0 bridgehead atoms. The van der Waals surface area contributed by atoms with Crippen molar-refractivity contribution >= 4 is 11.7 Å². The third kappa shape index (κ3) is 3.75. The number of anilines is 1. The maximum absolute atomic E-state index is 12.4. The van der Waals surface area contributed by atoms with Gasteiger partial charge in [-0.25, -0.2) is 4.98 Å². The Labute approximate surface area is 131 Å². The highest BCUT2D eigenvalue weighted by Crippen LogP contribution is 2.15. The molecule has 1 aliphatic heterocycles. The Morgan fingerprint density at radius 2 is 2.05 bits per heavy atom. The van der Waals surface area contributed by atoms with Gasteiger partial charge >= 0.3 is 0 Å². The normalized spacial score (nSPS) is 16.1. The fourth-order valence-corrected chi connectivity index (χ4v) is 2.40. The first-order valence-corrected chi connectivity index (χ1v) is 7.33. The summed E-state index contributed by atoms with van der Waals surface area (Å²) in [7, 11) is 0. The molecule has 0 aliphatic carbocycles. The second kappa shape index (κ2) is 7.45. The van der Waals surface area contributed by atoms with Crippen LogP contribution in [0.5, 0.6) is 0 Å². The molecular weight excluding hydrogens is 276 g/mol. The van der Waals surface area contributed by atoms with E-state index in [1.807, 2.05) is 24.1 Å². The predicted molar refractivity (Wildman–Crippen MR) is 89.4 cm³/mol. The minimum Gasteiger partial charge on any atom is -0.405 e. The van der Waals surface area contributed by atoms with Crippen molar-refractivity contribution in [3.05, 3.63) is 60.5 Å². The van der Waals surface area contributed by atoms with Crippen LogP contribution >= 0.6 is 0 Å². The molecule has 0 atom stereocenters. The number of amides is 1. The zero-order chi connectivity index (χ0) is 15.9. The van der Waals surface area contributed by atoms with Crippen LogP contribution in [0.3, 0.4) is 0 Å². The third-order valence-electron chi connectivity index (χ3n) is 3.61. The van der Waals surface area contributed by atoms with Gasteiger partial charge in [0.1, 0.15) is 5.82 Å². The summed E-state index contributed by atoms with van der Waals surface area (Å²) in [5.41, 5.74) is 7.09. The first kappa shape index (κ1) is 15.8. The highest BCUT2D eigenvalue weighted by molar-refractivity contribution is 5.96. The number of allylic oxidation sites excluding steroid dienone is 2. The number of nitrogens with two attached hydrogens (primary N) is 1. The Morgan fingerprint density at radius 3 is 2.59 bits per heavy atom. The van der Waals surface area contributed by atoms with Gasteiger partial charge in [-0.15, -0.1) is 0 Å². The maximum Gasteiger partial charge on any atom is 0.254 e. The van der Waals surface area contributed by atoms with E-state index in [4.69, 9.17) is 5.73 Å². The molecule has 5 heteroatoms. The van der Waals surface area contributed by atoms with Crippen molar-refractivity contribution in [3.63, 3.8) is 0 Å². The number of hydrogen-bond acceptors (Lipinski definition) is 4. The van der Waals surface area contributed by atoms with E-state index in [0.29, 0.717) is 18.7 Å². The van der Waals surface area contributed by atoms with E-state index < -0.39 is 0 Å². The fraction of sp³-hybridized carbons (Fsp3) is 0.294. The van der Waals surface area contributed by atoms with Gasteiger partial charge in [-0.1, -0.05) is 18.7 Å². The van der Waals surface area contributed by atoms with Crippen LogP contribution in [0.25, 0.3) is 0 Å². The Balaban J connectivity index is 1.99. The van der Waals surface area contributed by atoms with Crippen molar-refractivity contribution < 1.29 is 4.79 Å². The molecule has 1 aliphatic rings. The van der Waals surface area contributed by atoms with Gasteiger partial charge in [0.05, 0.1) is 0 Å². The SMILES string of the molecule is C=C/C=C(\C=C/N)C(=O)N1CCN(c2ccc(C)cn2)CC1. The molecular formula is C17H22N4O. The number of hydrogen-bond donors (Lipinski definition) is 1. The quantitative estimate of drug-likeness (QED) is 0.678. The van der Waals surface area contributed by atoms with Gasteiger partial charge in [-0.05, 0) is 36.9 Å². The van der Waals surface area contributed by atoms with Crippen LogP contribution in [0.1, 0.15) is 5.56 Å². The Hall–Kier alpha value is -2.56. The predicted octanol–water partition coefficient (Wildman–Crippen LogP) is 1.62. The van der Waals surface area contributed by atoms with Crippen molar-refractivity contribution in [2.24, 2.45) is 5.73 Å². The minimum absolute atomic E-state index is 0.0156. The van der Waals surface area contributed by atoms with Gasteiger partial charge in [0.2, 0.25) is 0 Å². The summed E-state index contributed by atoms with van der Waals surface area (Å²) in [6, 6.07) is 4.07. The van der Waals surface area contributed by atoms with Gasteiger partial charge in [-0.3, -0.25) is 4.79 Å². The molecule has 0 aromatic carbocycles. The largest absolute Gasteiger partial charge is 0.405 e. The highest BCUT2D eigenvalue weighted by atomic mass is 16.2. The van der Waals surface area contributed by atoms with Crippen LogP contribution in [-0.4, -0.2) is 42.0 Å². The molecule has 22 heavy (non-hydrogen) atoms. The van der Waals surface area contributed by atoms with E-state index in [1.54, 1.807) is 18.2 Å². The molecule has 1 aromatic rings. The van der Waals surface area contributed by atoms with Crippen molar-refractivity contribution in [2.75, 3.05) is 31.1 Å². The average Bonchev–Trinajstić information content (AvgIpc) is 2.55.